The molecule has 2 atom stereocenters. The topological polar surface area (TPSA) is 50.4 Å². The molecular weight excluding hydrogens is 288 g/mol. The predicted octanol–water partition coefficient (Wildman–Crippen LogP) is 2.68. The van der Waals surface area contributed by atoms with Crippen molar-refractivity contribution in [2.24, 2.45) is 5.41 Å². The van der Waals surface area contributed by atoms with Crippen LogP contribution in [0.4, 0.5) is 0 Å². The maximum Gasteiger partial charge on any atom is 0.227 e. The smallest absolute Gasteiger partial charge is 0.227 e. The zero-order chi connectivity index (χ0) is 14.6. The Morgan fingerprint density at radius 1 is 1.43 bits per heavy atom. The highest BCUT2D eigenvalue weighted by Gasteiger charge is 2.35. The molecule has 0 aromatic heterocycles. The van der Waals surface area contributed by atoms with E-state index in [-0.39, 0.29) is 29.8 Å². The molecule has 0 spiro atoms. The van der Waals surface area contributed by atoms with Crippen molar-refractivity contribution in [3.63, 3.8) is 0 Å². The van der Waals surface area contributed by atoms with E-state index in [0.29, 0.717) is 0 Å². The van der Waals surface area contributed by atoms with Crippen LogP contribution in [0, 0.1) is 5.41 Å². The number of hydrogen-bond acceptors (Lipinski definition) is 3. The zero-order valence-corrected chi connectivity index (χ0v) is 13.8. The van der Waals surface area contributed by atoms with Gasteiger partial charge in [-0.05, 0) is 39.3 Å². The van der Waals surface area contributed by atoms with E-state index >= 15 is 0 Å². The summed E-state index contributed by atoms with van der Waals surface area (Å²) in [5.74, 6) is 0.926. The maximum atomic E-state index is 12.5. The number of amides is 1. The van der Waals surface area contributed by atoms with Crippen LogP contribution in [-0.4, -0.2) is 26.1 Å². The Kier molecular flexibility index (Phi) is 6.49. The SMILES string of the molecule is COc1ccccc1C(C)NC(=O)C1(C)CCCNC1.Cl. The third-order valence-electron chi connectivity index (χ3n) is 4.10. The van der Waals surface area contributed by atoms with E-state index in [2.05, 4.69) is 10.6 Å². The number of methoxy groups -OCH3 is 1. The number of benzene rings is 1. The molecule has 2 unspecified atom stereocenters. The second kappa shape index (κ2) is 7.66. The Morgan fingerprint density at radius 3 is 2.76 bits per heavy atom. The van der Waals surface area contributed by atoms with Crippen LogP contribution in [-0.2, 0) is 4.79 Å². The van der Waals surface area contributed by atoms with Gasteiger partial charge in [0.2, 0.25) is 5.91 Å². The molecule has 21 heavy (non-hydrogen) atoms. The van der Waals surface area contributed by atoms with E-state index in [1.807, 2.05) is 38.1 Å². The van der Waals surface area contributed by atoms with Gasteiger partial charge < -0.3 is 15.4 Å². The number of rotatable bonds is 4. The van der Waals surface area contributed by atoms with Crippen molar-refractivity contribution in [2.45, 2.75) is 32.7 Å². The Labute approximate surface area is 133 Å². The second-order valence-corrected chi connectivity index (χ2v) is 5.78. The first kappa shape index (κ1) is 17.8. The summed E-state index contributed by atoms with van der Waals surface area (Å²) in [6.45, 7) is 5.78. The first-order valence-electron chi connectivity index (χ1n) is 7.21. The molecule has 5 heteroatoms. The molecule has 1 aromatic rings. The average Bonchev–Trinajstić information content (AvgIpc) is 2.47. The number of halogens is 1. The molecule has 0 bridgehead atoms. The van der Waals surface area contributed by atoms with Gasteiger partial charge in [-0.25, -0.2) is 0 Å². The van der Waals surface area contributed by atoms with Crippen molar-refractivity contribution in [1.82, 2.24) is 10.6 Å². The lowest BCUT2D eigenvalue weighted by Crippen LogP contribution is -2.49. The summed E-state index contributed by atoms with van der Waals surface area (Å²) in [7, 11) is 1.65. The van der Waals surface area contributed by atoms with Gasteiger partial charge in [0, 0.05) is 12.1 Å². The standard InChI is InChI=1S/C16H24N2O2.ClH/c1-12(13-7-4-5-8-14(13)20-3)18-15(19)16(2)9-6-10-17-11-16;/h4-5,7-8,12,17H,6,9-11H2,1-3H3,(H,18,19);1H. The van der Waals surface area contributed by atoms with Gasteiger partial charge >= 0.3 is 0 Å². The molecule has 2 rings (SSSR count). The van der Waals surface area contributed by atoms with Crippen LogP contribution in [0.25, 0.3) is 0 Å². The normalized spacial score (nSPS) is 22.8. The van der Waals surface area contributed by atoms with Gasteiger partial charge in [-0.1, -0.05) is 18.2 Å². The Bertz CT molecular complexity index is 473. The molecule has 1 amide bonds. The molecule has 4 nitrogen and oxygen atoms in total. The van der Waals surface area contributed by atoms with E-state index in [9.17, 15) is 4.79 Å². The molecule has 1 aliphatic heterocycles. The Hall–Kier alpha value is -1.26. The highest BCUT2D eigenvalue weighted by Crippen LogP contribution is 2.29. The van der Waals surface area contributed by atoms with Crippen molar-refractivity contribution < 1.29 is 9.53 Å². The molecule has 0 radical (unpaired) electrons. The Balaban J connectivity index is 0.00000220. The number of hydrogen-bond donors (Lipinski definition) is 2. The fraction of sp³-hybridized carbons (Fsp3) is 0.562. The third kappa shape index (κ3) is 4.11. The minimum Gasteiger partial charge on any atom is -0.496 e. The van der Waals surface area contributed by atoms with Crippen molar-refractivity contribution >= 4 is 18.3 Å². The summed E-state index contributed by atoms with van der Waals surface area (Å²) < 4.78 is 5.36. The lowest BCUT2D eigenvalue weighted by Gasteiger charge is -2.34. The van der Waals surface area contributed by atoms with Gasteiger partial charge in [-0.2, -0.15) is 0 Å². The van der Waals surface area contributed by atoms with E-state index in [4.69, 9.17) is 4.74 Å². The van der Waals surface area contributed by atoms with Crippen LogP contribution in [0.1, 0.15) is 38.3 Å². The fourth-order valence-corrected chi connectivity index (χ4v) is 2.72. The van der Waals surface area contributed by atoms with Gasteiger partial charge in [-0.3, -0.25) is 4.79 Å². The number of para-hydroxylation sites is 1. The van der Waals surface area contributed by atoms with Crippen LogP contribution in [0.2, 0.25) is 0 Å². The van der Waals surface area contributed by atoms with Gasteiger partial charge in [-0.15, -0.1) is 12.4 Å². The van der Waals surface area contributed by atoms with Crippen LogP contribution >= 0.6 is 12.4 Å². The second-order valence-electron chi connectivity index (χ2n) is 5.78. The van der Waals surface area contributed by atoms with Crippen molar-refractivity contribution in [3.8, 4) is 5.75 Å². The molecule has 1 heterocycles. The van der Waals surface area contributed by atoms with Crippen molar-refractivity contribution in [1.29, 1.82) is 0 Å². The molecule has 2 N–H and O–H groups in total. The highest BCUT2D eigenvalue weighted by molar-refractivity contribution is 5.85. The largest absolute Gasteiger partial charge is 0.496 e. The van der Waals surface area contributed by atoms with E-state index in [0.717, 1.165) is 37.2 Å². The summed E-state index contributed by atoms with van der Waals surface area (Å²) >= 11 is 0. The van der Waals surface area contributed by atoms with Crippen LogP contribution in [0.3, 0.4) is 0 Å². The summed E-state index contributed by atoms with van der Waals surface area (Å²) in [5, 5.41) is 6.43. The summed E-state index contributed by atoms with van der Waals surface area (Å²) in [4.78, 5) is 12.5. The molecule has 1 aromatic carbocycles. The first-order valence-corrected chi connectivity index (χ1v) is 7.21. The molecule has 1 saturated heterocycles. The monoisotopic (exact) mass is 312 g/mol. The summed E-state index contributed by atoms with van der Waals surface area (Å²) in [6, 6.07) is 7.75. The zero-order valence-electron chi connectivity index (χ0n) is 12.9. The minimum atomic E-state index is -0.311. The molecule has 0 aliphatic carbocycles. The summed E-state index contributed by atoms with van der Waals surface area (Å²) in [6.07, 6.45) is 1.98. The van der Waals surface area contributed by atoms with Gasteiger partial charge in [0.05, 0.1) is 18.6 Å². The highest BCUT2D eigenvalue weighted by atomic mass is 35.5. The van der Waals surface area contributed by atoms with E-state index in [1.165, 1.54) is 0 Å². The maximum absolute atomic E-state index is 12.5. The molecule has 1 aliphatic rings. The van der Waals surface area contributed by atoms with Crippen molar-refractivity contribution in [2.75, 3.05) is 20.2 Å². The molecule has 0 saturated carbocycles. The number of carbonyl (C=O) groups is 1. The molecule has 1 fully saturated rings. The number of ether oxygens (including phenoxy) is 1. The predicted molar refractivity (Wildman–Crippen MR) is 87.0 cm³/mol. The third-order valence-corrected chi connectivity index (χ3v) is 4.10. The van der Waals surface area contributed by atoms with E-state index in [1.54, 1.807) is 7.11 Å². The van der Waals surface area contributed by atoms with Gasteiger partial charge in [0.1, 0.15) is 5.75 Å². The van der Waals surface area contributed by atoms with Gasteiger partial charge in [0.15, 0.2) is 0 Å². The molecule has 118 valence electrons. The van der Waals surface area contributed by atoms with Crippen LogP contribution in [0.15, 0.2) is 24.3 Å². The van der Waals surface area contributed by atoms with Gasteiger partial charge in [0.25, 0.3) is 0 Å². The Morgan fingerprint density at radius 2 is 2.14 bits per heavy atom. The lowest BCUT2D eigenvalue weighted by atomic mass is 9.81. The van der Waals surface area contributed by atoms with Crippen LogP contribution in [0.5, 0.6) is 5.75 Å². The average molecular weight is 313 g/mol. The lowest BCUT2D eigenvalue weighted by molar-refractivity contribution is -0.131. The first-order chi connectivity index (χ1) is 9.57. The van der Waals surface area contributed by atoms with Crippen molar-refractivity contribution in [3.05, 3.63) is 29.8 Å². The summed E-state index contributed by atoms with van der Waals surface area (Å²) in [5.41, 5.74) is 0.699. The van der Waals surface area contributed by atoms with E-state index < -0.39 is 0 Å². The number of carbonyl (C=O) groups excluding carboxylic acids is 1. The van der Waals surface area contributed by atoms with Crippen LogP contribution < -0.4 is 15.4 Å². The molecular formula is C16H25ClN2O2. The number of piperidine rings is 1. The fourth-order valence-electron chi connectivity index (χ4n) is 2.72. The number of nitrogens with one attached hydrogen (secondary N) is 2. The minimum absolute atomic E-state index is 0. The quantitative estimate of drug-likeness (QED) is 0.898.